The van der Waals surface area contributed by atoms with Gasteiger partial charge in [-0.3, -0.25) is 4.79 Å². The fourth-order valence-corrected chi connectivity index (χ4v) is 3.22. The standard InChI is InChI=1S/C16H21FO2/c1-16(2)8-7-13(15(18)19)12(10-16)9-11-5-3-4-6-14(11)17/h3-6,12-13H,7-10H2,1-2H3,(H,18,19). The molecule has 104 valence electrons. The molecule has 2 unspecified atom stereocenters. The van der Waals surface area contributed by atoms with Crippen LogP contribution in [0.3, 0.4) is 0 Å². The Morgan fingerprint density at radius 2 is 2.11 bits per heavy atom. The van der Waals surface area contributed by atoms with Gasteiger partial charge in [-0.1, -0.05) is 32.0 Å². The monoisotopic (exact) mass is 264 g/mol. The summed E-state index contributed by atoms with van der Waals surface area (Å²) >= 11 is 0. The van der Waals surface area contributed by atoms with Crippen LogP contribution in [-0.2, 0) is 11.2 Å². The van der Waals surface area contributed by atoms with Crippen LogP contribution in [0.5, 0.6) is 0 Å². The van der Waals surface area contributed by atoms with Crippen molar-refractivity contribution in [2.24, 2.45) is 17.3 Å². The third-order valence-corrected chi connectivity index (χ3v) is 4.27. The lowest BCUT2D eigenvalue weighted by atomic mass is 9.65. The number of carboxylic acid groups (broad SMARTS) is 1. The predicted octanol–water partition coefficient (Wildman–Crippen LogP) is 3.90. The molecule has 0 heterocycles. The summed E-state index contributed by atoms with van der Waals surface area (Å²) in [6, 6.07) is 6.68. The van der Waals surface area contributed by atoms with Crippen LogP contribution in [0.15, 0.2) is 24.3 Å². The zero-order chi connectivity index (χ0) is 14.0. The Balaban J connectivity index is 2.19. The molecule has 1 N–H and O–H groups in total. The second-order valence-electron chi connectivity index (χ2n) is 6.41. The second kappa shape index (κ2) is 5.32. The highest BCUT2D eigenvalue weighted by Crippen LogP contribution is 2.43. The van der Waals surface area contributed by atoms with E-state index >= 15 is 0 Å². The normalized spacial score (nSPS) is 26.1. The summed E-state index contributed by atoms with van der Waals surface area (Å²) in [6.45, 7) is 4.33. The van der Waals surface area contributed by atoms with Crippen molar-refractivity contribution in [2.75, 3.05) is 0 Å². The highest BCUT2D eigenvalue weighted by molar-refractivity contribution is 5.70. The lowest BCUT2D eigenvalue weighted by molar-refractivity contribution is -0.146. The molecule has 0 aromatic heterocycles. The molecule has 0 amide bonds. The molecule has 0 bridgehead atoms. The zero-order valence-electron chi connectivity index (χ0n) is 11.5. The minimum absolute atomic E-state index is 0.0261. The van der Waals surface area contributed by atoms with Gasteiger partial charge in [0.2, 0.25) is 0 Å². The van der Waals surface area contributed by atoms with Gasteiger partial charge in [-0.15, -0.1) is 0 Å². The van der Waals surface area contributed by atoms with Crippen LogP contribution in [0, 0.1) is 23.1 Å². The summed E-state index contributed by atoms with van der Waals surface area (Å²) in [6.07, 6.45) is 2.99. The smallest absolute Gasteiger partial charge is 0.306 e. The first-order chi connectivity index (χ1) is 8.89. The first-order valence-corrected chi connectivity index (χ1v) is 6.85. The maximum atomic E-state index is 13.7. The van der Waals surface area contributed by atoms with Gasteiger partial charge in [0.1, 0.15) is 5.82 Å². The number of hydrogen-bond donors (Lipinski definition) is 1. The summed E-state index contributed by atoms with van der Waals surface area (Å²) in [4.78, 5) is 11.4. The first-order valence-electron chi connectivity index (χ1n) is 6.85. The molecule has 0 spiro atoms. The van der Waals surface area contributed by atoms with E-state index in [9.17, 15) is 14.3 Å². The molecule has 2 atom stereocenters. The Morgan fingerprint density at radius 1 is 1.42 bits per heavy atom. The maximum absolute atomic E-state index is 13.7. The van der Waals surface area contributed by atoms with E-state index < -0.39 is 5.97 Å². The molecular weight excluding hydrogens is 243 g/mol. The quantitative estimate of drug-likeness (QED) is 0.899. The molecule has 1 aromatic carbocycles. The Bertz CT molecular complexity index is 468. The van der Waals surface area contributed by atoms with Crippen LogP contribution < -0.4 is 0 Å². The van der Waals surface area contributed by atoms with Crippen LogP contribution >= 0.6 is 0 Å². The molecule has 0 radical (unpaired) electrons. The summed E-state index contributed by atoms with van der Waals surface area (Å²) in [7, 11) is 0. The molecule has 1 fully saturated rings. The molecule has 2 nitrogen and oxygen atoms in total. The second-order valence-corrected chi connectivity index (χ2v) is 6.41. The van der Waals surface area contributed by atoms with Gasteiger partial charge in [0.25, 0.3) is 0 Å². The third kappa shape index (κ3) is 3.34. The van der Waals surface area contributed by atoms with Crippen molar-refractivity contribution in [3.05, 3.63) is 35.6 Å². The van der Waals surface area contributed by atoms with Crippen molar-refractivity contribution in [2.45, 2.75) is 39.5 Å². The SMILES string of the molecule is CC1(C)CCC(C(=O)O)C(Cc2ccccc2F)C1. The topological polar surface area (TPSA) is 37.3 Å². The van der Waals surface area contributed by atoms with Crippen LogP contribution in [0.1, 0.15) is 38.7 Å². The molecular formula is C16H21FO2. The van der Waals surface area contributed by atoms with E-state index in [4.69, 9.17) is 0 Å². The van der Waals surface area contributed by atoms with Crippen molar-refractivity contribution >= 4 is 5.97 Å². The van der Waals surface area contributed by atoms with Crippen molar-refractivity contribution in [1.29, 1.82) is 0 Å². The van der Waals surface area contributed by atoms with Crippen molar-refractivity contribution in [1.82, 2.24) is 0 Å². The number of halogens is 1. The summed E-state index contributed by atoms with van der Waals surface area (Å²) in [5.74, 6) is -1.28. The van der Waals surface area contributed by atoms with E-state index in [1.54, 1.807) is 12.1 Å². The van der Waals surface area contributed by atoms with E-state index in [0.717, 1.165) is 12.8 Å². The average Bonchev–Trinajstić information content (AvgIpc) is 2.30. The van der Waals surface area contributed by atoms with E-state index in [1.807, 2.05) is 6.07 Å². The predicted molar refractivity (Wildman–Crippen MR) is 72.4 cm³/mol. The fraction of sp³-hybridized carbons (Fsp3) is 0.562. The van der Waals surface area contributed by atoms with Gasteiger partial charge in [0.05, 0.1) is 5.92 Å². The number of aliphatic carboxylic acids is 1. The summed E-state index contributed by atoms with van der Waals surface area (Å²) in [5, 5.41) is 9.33. The Kier molecular flexibility index (Phi) is 3.93. The lowest BCUT2D eigenvalue weighted by Crippen LogP contribution is -2.35. The molecule has 2 rings (SSSR count). The van der Waals surface area contributed by atoms with Gasteiger partial charge in [-0.25, -0.2) is 4.39 Å². The largest absolute Gasteiger partial charge is 0.481 e. The molecule has 3 heteroatoms. The first kappa shape index (κ1) is 14.0. The number of benzene rings is 1. The highest BCUT2D eigenvalue weighted by atomic mass is 19.1. The number of hydrogen-bond acceptors (Lipinski definition) is 1. The number of carbonyl (C=O) groups is 1. The van der Waals surface area contributed by atoms with Gasteiger partial charge < -0.3 is 5.11 Å². The summed E-state index contributed by atoms with van der Waals surface area (Å²) in [5.41, 5.74) is 0.790. The average molecular weight is 264 g/mol. The summed E-state index contributed by atoms with van der Waals surface area (Å²) < 4.78 is 13.7. The van der Waals surface area contributed by atoms with Crippen LogP contribution in [0.25, 0.3) is 0 Å². The van der Waals surface area contributed by atoms with Crippen molar-refractivity contribution in [3.63, 3.8) is 0 Å². The van der Waals surface area contributed by atoms with Gasteiger partial charge in [-0.2, -0.15) is 0 Å². The number of rotatable bonds is 3. The molecule has 19 heavy (non-hydrogen) atoms. The fourth-order valence-electron chi connectivity index (χ4n) is 3.22. The van der Waals surface area contributed by atoms with Gasteiger partial charge >= 0.3 is 5.97 Å². The van der Waals surface area contributed by atoms with E-state index in [2.05, 4.69) is 13.8 Å². The maximum Gasteiger partial charge on any atom is 0.306 e. The van der Waals surface area contributed by atoms with Gasteiger partial charge in [0.15, 0.2) is 0 Å². The zero-order valence-corrected chi connectivity index (χ0v) is 11.5. The molecule has 0 aliphatic heterocycles. The molecule has 1 aliphatic rings. The Hall–Kier alpha value is -1.38. The van der Waals surface area contributed by atoms with Crippen LogP contribution in [0.2, 0.25) is 0 Å². The van der Waals surface area contributed by atoms with Gasteiger partial charge in [0, 0.05) is 0 Å². The molecule has 1 aromatic rings. The molecule has 0 saturated heterocycles. The molecule has 1 saturated carbocycles. The van der Waals surface area contributed by atoms with E-state index in [-0.39, 0.29) is 23.1 Å². The minimum atomic E-state index is -0.739. The van der Waals surface area contributed by atoms with E-state index in [1.165, 1.54) is 6.07 Å². The van der Waals surface area contributed by atoms with Gasteiger partial charge in [-0.05, 0) is 48.6 Å². The van der Waals surface area contributed by atoms with E-state index in [0.29, 0.717) is 18.4 Å². The van der Waals surface area contributed by atoms with Crippen LogP contribution in [0.4, 0.5) is 4.39 Å². The van der Waals surface area contributed by atoms with Crippen molar-refractivity contribution in [3.8, 4) is 0 Å². The lowest BCUT2D eigenvalue weighted by Gasteiger charge is -2.39. The van der Waals surface area contributed by atoms with Crippen molar-refractivity contribution < 1.29 is 14.3 Å². The Labute approximate surface area is 113 Å². The minimum Gasteiger partial charge on any atom is -0.481 e. The highest BCUT2D eigenvalue weighted by Gasteiger charge is 2.38. The third-order valence-electron chi connectivity index (χ3n) is 4.27. The Morgan fingerprint density at radius 3 is 2.74 bits per heavy atom. The van der Waals surface area contributed by atoms with Crippen LogP contribution in [-0.4, -0.2) is 11.1 Å². The molecule has 1 aliphatic carbocycles. The number of carboxylic acids is 1.